The van der Waals surface area contributed by atoms with Crippen molar-refractivity contribution in [1.29, 1.82) is 0 Å². The van der Waals surface area contributed by atoms with E-state index in [1.807, 2.05) is 0 Å². The van der Waals surface area contributed by atoms with Crippen LogP contribution in [0.25, 0.3) is 0 Å². The summed E-state index contributed by atoms with van der Waals surface area (Å²) in [6.45, 7) is 0.440. The molecule has 0 heterocycles. The maximum absolute atomic E-state index is 13.7. The fourth-order valence-corrected chi connectivity index (χ4v) is 3.64. The zero-order valence-corrected chi connectivity index (χ0v) is 17.3. The summed E-state index contributed by atoms with van der Waals surface area (Å²) >= 11 is 0. The van der Waals surface area contributed by atoms with E-state index in [1.54, 1.807) is 37.4 Å². The van der Waals surface area contributed by atoms with Crippen molar-refractivity contribution in [3.05, 3.63) is 65.5 Å². The Hall–Kier alpha value is -3.42. The monoisotopic (exact) mass is 427 g/mol. The number of ether oxygens (including phenoxy) is 1. The summed E-state index contributed by atoms with van der Waals surface area (Å²) in [5, 5.41) is 2.77. The number of amides is 3. The largest absolute Gasteiger partial charge is 0.497 e. The van der Waals surface area contributed by atoms with Crippen LogP contribution in [0, 0.1) is 17.7 Å². The van der Waals surface area contributed by atoms with E-state index in [-0.39, 0.29) is 23.3 Å². The predicted molar refractivity (Wildman–Crippen MR) is 113 cm³/mol. The van der Waals surface area contributed by atoms with Crippen molar-refractivity contribution >= 4 is 17.7 Å². The van der Waals surface area contributed by atoms with Crippen molar-refractivity contribution in [3.8, 4) is 5.75 Å². The van der Waals surface area contributed by atoms with Crippen molar-refractivity contribution in [3.63, 3.8) is 0 Å². The van der Waals surface area contributed by atoms with Gasteiger partial charge in [0.1, 0.15) is 11.6 Å². The maximum Gasteiger partial charge on any atom is 0.269 e. The van der Waals surface area contributed by atoms with Crippen LogP contribution in [0.5, 0.6) is 5.75 Å². The molecule has 7 nitrogen and oxygen atoms in total. The number of rotatable bonds is 6. The van der Waals surface area contributed by atoms with E-state index in [2.05, 4.69) is 16.2 Å². The second-order valence-corrected chi connectivity index (χ2v) is 7.58. The Labute approximate surface area is 180 Å². The van der Waals surface area contributed by atoms with Gasteiger partial charge in [-0.1, -0.05) is 12.1 Å². The zero-order chi connectivity index (χ0) is 22.2. The minimum Gasteiger partial charge on any atom is -0.497 e. The van der Waals surface area contributed by atoms with E-state index in [4.69, 9.17) is 4.74 Å². The molecule has 2 aromatic carbocycles. The first-order chi connectivity index (χ1) is 15.0. The van der Waals surface area contributed by atoms with E-state index < -0.39 is 17.6 Å². The number of hydrazine groups is 1. The second kappa shape index (κ2) is 10.6. The van der Waals surface area contributed by atoms with Crippen LogP contribution in [0.1, 0.15) is 46.4 Å². The number of carbonyl (C=O) groups excluding carboxylic acids is 3. The lowest BCUT2D eigenvalue weighted by atomic mass is 9.81. The van der Waals surface area contributed by atoms with Crippen LogP contribution in [-0.4, -0.2) is 31.4 Å². The molecule has 1 aliphatic carbocycles. The molecule has 1 saturated carbocycles. The molecule has 3 rings (SSSR count). The van der Waals surface area contributed by atoms with Crippen LogP contribution in [0.2, 0.25) is 0 Å². The highest BCUT2D eigenvalue weighted by Gasteiger charge is 2.27. The summed E-state index contributed by atoms with van der Waals surface area (Å²) < 4.78 is 18.7. The number of hydrogen-bond donors (Lipinski definition) is 3. The lowest BCUT2D eigenvalue weighted by Gasteiger charge is -2.27. The minimum atomic E-state index is -0.544. The molecule has 3 N–H and O–H groups in total. The summed E-state index contributed by atoms with van der Waals surface area (Å²) in [5.41, 5.74) is 5.37. The lowest BCUT2D eigenvalue weighted by Crippen LogP contribution is -2.45. The highest BCUT2D eigenvalue weighted by molar-refractivity contribution is 5.95. The average molecular weight is 427 g/mol. The molecule has 2 aromatic rings. The van der Waals surface area contributed by atoms with Crippen LogP contribution in [-0.2, 0) is 4.79 Å². The van der Waals surface area contributed by atoms with Gasteiger partial charge >= 0.3 is 0 Å². The van der Waals surface area contributed by atoms with Crippen LogP contribution >= 0.6 is 0 Å². The molecule has 0 atom stereocenters. The molecule has 1 aliphatic rings. The average Bonchev–Trinajstić information content (AvgIpc) is 2.81. The van der Waals surface area contributed by atoms with Gasteiger partial charge < -0.3 is 10.1 Å². The SMILES string of the molecule is COc1ccc(C(=O)NNC(=O)C2CCC(CNC(=O)c3ccccc3F)CC2)cc1. The van der Waals surface area contributed by atoms with E-state index in [0.717, 1.165) is 12.8 Å². The van der Waals surface area contributed by atoms with Gasteiger partial charge in [-0.25, -0.2) is 4.39 Å². The summed E-state index contributed by atoms with van der Waals surface area (Å²) in [5.74, 6) is -0.932. The van der Waals surface area contributed by atoms with Crippen LogP contribution < -0.4 is 20.9 Å². The third-order valence-corrected chi connectivity index (χ3v) is 5.54. The smallest absolute Gasteiger partial charge is 0.269 e. The Bertz CT molecular complexity index is 925. The van der Waals surface area contributed by atoms with E-state index >= 15 is 0 Å². The van der Waals surface area contributed by atoms with Gasteiger partial charge in [-0.2, -0.15) is 0 Å². The van der Waals surface area contributed by atoms with Gasteiger partial charge in [-0.05, 0) is 68.0 Å². The molecule has 0 spiro atoms. The molecule has 0 bridgehead atoms. The molecule has 31 heavy (non-hydrogen) atoms. The molecule has 8 heteroatoms. The Morgan fingerprint density at radius 2 is 1.61 bits per heavy atom. The summed E-state index contributed by atoms with van der Waals surface area (Å²) in [4.78, 5) is 36.6. The number of hydrogen-bond acceptors (Lipinski definition) is 4. The van der Waals surface area contributed by atoms with Gasteiger partial charge in [0, 0.05) is 18.0 Å². The summed E-state index contributed by atoms with van der Waals surface area (Å²) in [7, 11) is 1.54. The van der Waals surface area contributed by atoms with Gasteiger partial charge in [0.2, 0.25) is 5.91 Å². The molecule has 164 valence electrons. The van der Waals surface area contributed by atoms with Crippen LogP contribution in [0.4, 0.5) is 4.39 Å². The number of benzene rings is 2. The van der Waals surface area contributed by atoms with Crippen molar-refractivity contribution in [2.45, 2.75) is 25.7 Å². The van der Waals surface area contributed by atoms with Crippen LogP contribution in [0.3, 0.4) is 0 Å². The third kappa shape index (κ3) is 6.04. The van der Waals surface area contributed by atoms with E-state index in [0.29, 0.717) is 30.7 Å². The molecule has 0 saturated heterocycles. The van der Waals surface area contributed by atoms with E-state index in [1.165, 1.54) is 18.2 Å². The topological polar surface area (TPSA) is 96.5 Å². The summed E-state index contributed by atoms with van der Waals surface area (Å²) in [6, 6.07) is 12.4. The van der Waals surface area contributed by atoms with Crippen molar-refractivity contribution in [2.24, 2.45) is 11.8 Å². The third-order valence-electron chi connectivity index (χ3n) is 5.54. The maximum atomic E-state index is 13.7. The molecular weight excluding hydrogens is 401 g/mol. The molecule has 0 aromatic heterocycles. The molecule has 0 radical (unpaired) electrons. The Morgan fingerprint density at radius 1 is 0.935 bits per heavy atom. The fourth-order valence-electron chi connectivity index (χ4n) is 3.64. The normalized spacial score (nSPS) is 18.0. The first-order valence-corrected chi connectivity index (χ1v) is 10.2. The van der Waals surface area contributed by atoms with Gasteiger partial charge in [0.25, 0.3) is 11.8 Å². The van der Waals surface area contributed by atoms with Gasteiger partial charge in [-0.15, -0.1) is 0 Å². The lowest BCUT2D eigenvalue weighted by molar-refractivity contribution is -0.127. The molecule has 3 amide bonds. The minimum absolute atomic E-state index is 0.0307. The second-order valence-electron chi connectivity index (χ2n) is 7.58. The first kappa shape index (κ1) is 22.3. The number of halogens is 1. The number of nitrogens with one attached hydrogen (secondary N) is 3. The molecule has 1 fully saturated rings. The first-order valence-electron chi connectivity index (χ1n) is 10.2. The summed E-state index contributed by atoms with van der Waals surface area (Å²) in [6.07, 6.45) is 2.85. The molecule has 0 aliphatic heterocycles. The number of carbonyl (C=O) groups is 3. The van der Waals surface area contributed by atoms with Crippen molar-refractivity contribution in [1.82, 2.24) is 16.2 Å². The highest BCUT2D eigenvalue weighted by Crippen LogP contribution is 2.28. The van der Waals surface area contributed by atoms with Gasteiger partial charge in [-0.3, -0.25) is 25.2 Å². The molecular formula is C23H26FN3O4. The van der Waals surface area contributed by atoms with Crippen molar-refractivity contribution in [2.75, 3.05) is 13.7 Å². The van der Waals surface area contributed by atoms with Crippen molar-refractivity contribution < 1.29 is 23.5 Å². The number of methoxy groups -OCH3 is 1. The standard InChI is InChI=1S/C23H26FN3O4/c1-31-18-12-10-17(11-13-18)22(29)27-26-21(28)16-8-6-15(7-9-16)14-25-23(30)19-4-2-3-5-20(19)24/h2-5,10-13,15-16H,6-9,14H2,1H3,(H,25,30)(H,26,28)(H,27,29). The van der Waals surface area contributed by atoms with Gasteiger partial charge in [0.15, 0.2) is 0 Å². The quantitative estimate of drug-likeness (QED) is 0.618. The Morgan fingerprint density at radius 3 is 2.26 bits per heavy atom. The van der Waals surface area contributed by atoms with Gasteiger partial charge in [0.05, 0.1) is 12.7 Å². The fraction of sp³-hybridized carbons (Fsp3) is 0.348. The highest BCUT2D eigenvalue weighted by atomic mass is 19.1. The Kier molecular flexibility index (Phi) is 7.59. The zero-order valence-electron chi connectivity index (χ0n) is 17.3. The van der Waals surface area contributed by atoms with E-state index in [9.17, 15) is 18.8 Å². The molecule has 0 unspecified atom stereocenters. The van der Waals surface area contributed by atoms with Crippen LogP contribution in [0.15, 0.2) is 48.5 Å². The Balaban J connectivity index is 1.38. The predicted octanol–water partition coefficient (Wildman–Crippen LogP) is 2.83.